The molecule has 100 valence electrons. The van der Waals surface area contributed by atoms with E-state index in [0.717, 1.165) is 11.8 Å². The van der Waals surface area contributed by atoms with Gasteiger partial charge in [0.25, 0.3) is 0 Å². The van der Waals surface area contributed by atoms with Gasteiger partial charge in [-0.1, -0.05) is 6.92 Å². The highest BCUT2D eigenvalue weighted by atomic mass is 15.2. The maximum absolute atomic E-state index is 2.70. The number of piperidine rings is 1. The predicted octanol–water partition coefficient (Wildman–Crippen LogP) is 2.84. The van der Waals surface area contributed by atoms with Crippen LogP contribution in [-0.4, -0.2) is 48.1 Å². The summed E-state index contributed by atoms with van der Waals surface area (Å²) in [5, 5.41) is 0. The summed E-state index contributed by atoms with van der Waals surface area (Å²) in [6, 6.07) is 0. The van der Waals surface area contributed by atoms with E-state index in [1.807, 2.05) is 0 Å². The van der Waals surface area contributed by atoms with Crippen molar-refractivity contribution in [3.8, 4) is 0 Å². The van der Waals surface area contributed by atoms with Crippen LogP contribution in [0.1, 0.15) is 47.0 Å². The molecule has 0 aromatic carbocycles. The molecule has 2 saturated heterocycles. The van der Waals surface area contributed by atoms with Gasteiger partial charge in [0, 0.05) is 18.6 Å². The number of likely N-dealkylation sites (tertiary alicyclic amines) is 2. The fourth-order valence-electron chi connectivity index (χ4n) is 3.34. The first-order valence-corrected chi connectivity index (χ1v) is 7.42. The van der Waals surface area contributed by atoms with E-state index in [1.54, 1.807) is 0 Å². The van der Waals surface area contributed by atoms with Gasteiger partial charge in [-0.15, -0.1) is 0 Å². The van der Waals surface area contributed by atoms with Crippen LogP contribution < -0.4 is 0 Å². The Hall–Kier alpha value is -0.0800. The normalized spacial score (nSPS) is 30.0. The largest absolute Gasteiger partial charge is 0.303 e. The molecule has 0 bridgehead atoms. The zero-order valence-corrected chi connectivity index (χ0v) is 12.2. The molecule has 2 heteroatoms. The molecule has 0 radical (unpaired) electrons. The molecule has 2 aliphatic heterocycles. The second-order valence-electron chi connectivity index (χ2n) is 7.25. The van der Waals surface area contributed by atoms with Crippen molar-refractivity contribution in [2.24, 2.45) is 11.8 Å². The summed E-state index contributed by atoms with van der Waals surface area (Å²) in [4.78, 5) is 5.35. The minimum absolute atomic E-state index is 0.368. The molecule has 2 fully saturated rings. The SMILES string of the molecule is C[C@@H]1CCN(CC2CCN(C(C)(C)C)CC2)C1. The maximum atomic E-state index is 2.70. The van der Waals surface area contributed by atoms with Gasteiger partial charge in [0.15, 0.2) is 0 Å². The van der Waals surface area contributed by atoms with E-state index in [2.05, 4.69) is 37.5 Å². The zero-order valence-electron chi connectivity index (χ0n) is 12.2. The van der Waals surface area contributed by atoms with Crippen LogP contribution in [0, 0.1) is 11.8 Å². The van der Waals surface area contributed by atoms with Crippen molar-refractivity contribution in [3.63, 3.8) is 0 Å². The Labute approximate surface area is 107 Å². The summed E-state index contributed by atoms with van der Waals surface area (Å²) in [6.07, 6.45) is 4.23. The molecule has 17 heavy (non-hydrogen) atoms. The van der Waals surface area contributed by atoms with Crippen LogP contribution in [0.4, 0.5) is 0 Å². The Morgan fingerprint density at radius 1 is 1.00 bits per heavy atom. The number of rotatable bonds is 2. The summed E-state index contributed by atoms with van der Waals surface area (Å²) < 4.78 is 0. The third-order valence-corrected chi connectivity index (χ3v) is 4.59. The van der Waals surface area contributed by atoms with Crippen molar-refractivity contribution in [3.05, 3.63) is 0 Å². The van der Waals surface area contributed by atoms with Crippen LogP contribution in [0.5, 0.6) is 0 Å². The van der Waals surface area contributed by atoms with Crippen molar-refractivity contribution in [1.82, 2.24) is 9.80 Å². The fourth-order valence-corrected chi connectivity index (χ4v) is 3.34. The van der Waals surface area contributed by atoms with Crippen LogP contribution in [0.2, 0.25) is 0 Å². The molecule has 1 atom stereocenters. The van der Waals surface area contributed by atoms with Gasteiger partial charge in [-0.25, -0.2) is 0 Å². The molecule has 2 rings (SSSR count). The average molecular weight is 238 g/mol. The molecule has 0 amide bonds. The topological polar surface area (TPSA) is 6.48 Å². The Morgan fingerprint density at radius 3 is 2.12 bits per heavy atom. The Bertz CT molecular complexity index is 236. The van der Waals surface area contributed by atoms with Crippen molar-refractivity contribution >= 4 is 0 Å². The summed E-state index contributed by atoms with van der Waals surface area (Å²) >= 11 is 0. The minimum Gasteiger partial charge on any atom is -0.303 e. The van der Waals surface area contributed by atoms with E-state index < -0.39 is 0 Å². The number of hydrogen-bond acceptors (Lipinski definition) is 2. The van der Waals surface area contributed by atoms with Gasteiger partial charge in [0.1, 0.15) is 0 Å². The summed E-state index contributed by atoms with van der Waals surface area (Å²) in [7, 11) is 0. The first-order chi connectivity index (χ1) is 7.95. The van der Waals surface area contributed by atoms with E-state index in [0.29, 0.717) is 5.54 Å². The van der Waals surface area contributed by atoms with Crippen molar-refractivity contribution in [2.75, 3.05) is 32.7 Å². The third-order valence-electron chi connectivity index (χ3n) is 4.59. The van der Waals surface area contributed by atoms with Crippen LogP contribution in [0.25, 0.3) is 0 Å². The zero-order chi connectivity index (χ0) is 12.5. The van der Waals surface area contributed by atoms with Gasteiger partial charge in [-0.3, -0.25) is 4.90 Å². The highest BCUT2D eigenvalue weighted by Crippen LogP contribution is 2.26. The van der Waals surface area contributed by atoms with Crippen molar-refractivity contribution in [1.29, 1.82) is 0 Å². The summed E-state index contributed by atoms with van der Waals surface area (Å²) in [5.41, 5.74) is 0.368. The van der Waals surface area contributed by atoms with E-state index in [4.69, 9.17) is 0 Å². The molecule has 2 nitrogen and oxygen atoms in total. The monoisotopic (exact) mass is 238 g/mol. The van der Waals surface area contributed by atoms with Crippen LogP contribution >= 0.6 is 0 Å². The quantitative estimate of drug-likeness (QED) is 0.730. The van der Waals surface area contributed by atoms with Gasteiger partial charge >= 0.3 is 0 Å². The lowest BCUT2D eigenvalue weighted by Gasteiger charge is -2.41. The molecule has 2 aliphatic rings. The molecular formula is C15H30N2. The van der Waals surface area contributed by atoms with Gasteiger partial charge < -0.3 is 4.90 Å². The lowest BCUT2D eigenvalue weighted by atomic mass is 9.92. The van der Waals surface area contributed by atoms with Gasteiger partial charge in [-0.05, 0) is 71.5 Å². The second kappa shape index (κ2) is 5.27. The number of nitrogens with zero attached hydrogens (tertiary/aromatic N) is 2. The van der Waals surface area contributed by atoms with Gasteiger partial charge in [-0.2, -0.15) is 0 Å². The lowest BCUT2D eigenvalue weighted by molar-refractivity contribution is 0.0771. The van der Waals surface area contributed by atoms with E-state index in [9.17, 15) is 0 Å². The first-order valence-electron chi connectivity index (χ1n) is 7.42. The molecule has 2 heterocycles. The van der Waals surface area contributed by atoms with Crippen molar-refractivity contribution < 1.29 is 0 Å². The smallest absolute Gasteiger partial charge is 0.0125 e. The molecule has 0 unspecified atom stereocenters. The predicted molar refractivity (Wildman–Crippen MR) is 74.3 cm³/mol. The average Bonchev–Trinajstić information content (AvgIpc) is 2.63. The minimum atomic E-state index is 0.368. The van der Waals surface area contributed by atoms with Gasteiger partial charge in [0.05, 0.1) is 0 Å². The highest BCUT2D eigenvalue weighted by molar-refractivity contribution is 4.84. The maximum Gasteiger partial charge on any atom is 0.0125 e. The lowest BCUT2D eigenvalue weighted by Crippen LogP contribution is -2.47. The van der Waals surface area contributed by atoms with E-state index in [-0.39, 0.29) is 0 Å². The number of hydrogen-bond donors (Lipinski definition) is 0. The molecule has 0 aromatic rings. The molecule has 0 N–H and O–H groups in total. The van der Waals surface area contributed by atoms with Crippen LogP contribution in [0.15, 0.2) is 0 Å². The molecule has 0 aliphatic carbocycles. The van der Waals surface area contributed by atoms with Gasteiger partial charge in [0.2, 0.25) is 0 Å². The summed E-state index contributed by atoms with van der Waals surface area (Å²) in [5.74, 6) is 1.89. The molecule has 0 saturated carbocycles. The van der Waals surface area contributed by atoms with E-state index >= 15 is 0 Å². The highest BCUT2D eigenvalue weighted by Gasteiger charge is 2.28. The van der Waals surface area contributed by atoms with E-state index in [1.165, 1.54) is 52.0 Å². The molecule has 0 aromatic heterocycles. The fraction of sp³-hybridized carbons (Fsp3) is 1.00. The second-order valence-corrected chi connectivity index (χ2v) is 7.25. The molecular weight excluding hydrogens is 208 g/mol. The Morgan fingerprint density at radius 2 is 1.65 bits per heavy atom. The van der Waals surface area contributed by atoms with Crippen LogP contribution in [0.3, 0.4) is 0 Å². The molecule has 0 spiro atoms. The third kappa shape index (κ3) is 3.69. The Kier molecular flexibility index (Phi) is 4.14. The summed E-state index contributed by atoms with van der Waals surface area (Å²) in [6.45, 7) is 16.1. The Balaban J connectivity index is 1.72. The van der Waals surface area contributed by atoms with Crippen molar-refractivity contribution in [2.45, 2.75) is 52.5 Å². The first kappa shape index (κ1) is 13.4. The standard InChI is InChI=1S/C15H30N2/c1-13-5-8-16(11-13)12-14-6-9-17(10-7-14)15(2,3)4/h13-14H,5-12H2,1-4H3/t13-/m1/s1. The van der Waals surface area contributed by atoms with Crippen LogP contribution in [-0.2, 0) is 0 Å².